The van der Waals surface area contributed by atoms with Crippen LogP contribution in [-0.4, -0.2) is 5.78 Å². The summed E-state index contributed by atoms with van der Waals surface area (Å²) in [5, 5.41) is 0. The van der Waals surface area contributed by atoms with Gasteiger partial charge in [-0.2, -0.15) is 0 Å². The van der Waals surface area contributed by atoms with Crippen molar-refractivity contribution in [3.8, 4) is 0 Å². The maximum atomic E-state index is 12.2. The van der Waals surface area contributed by atoms with Gasteiger partial charge in [0.25, 0.3) is 0 Å². The van der Waals surface area contributed by atoms with Crippen molar-refractivity contribution < 1.29 is 4.79 Å². The Hall–Kier alpha value is -0.380. The van der Waals surface area contributed by atoms with E-state index in [0.717, 1.165) is 15.6 Å². The molecule has 0 bridgehead atoms. The second kappa shape index (κ2) is 7.85. The molecule has 0 aliphatic carbocycles. The predicted octanol–water partition coefficient (Wildman–Crippen LogP) is 5.08. The van der Waals surface area contributed by atoms with E-state index in [2.05, 4.69) is 36.4 Å². The first-order valence-electron chi connectivity index (χ1n) is 6.46. The molecule has 1 aromatic rings. The highest BCUT2D eigenvalue weighted by atomic mass is 127. The molecular formula is C15H21IO. The van der Waals surface area contributed by atoms with E-state index in [4.69, 9.17) is 0 Å². The smallest absolute Gasteiger partial charge is 0.164 e. The van der Waals surface area contributed by atoms with Gasteiger partial charge in [0, 0.05) is 15.6 Å². The fourth-order valence-corrected chi connectivity index (χ4v) is 2.69. The monoisotopic (exact) mass is 344 g/mol. The van der Waals surface area contributed by atoms with Crippen LogP contribution in [-0.2, 0) is 0 Å². The molecule has 1 aromatic carbocycles. The van der Waals surface area contributed by atoms with Gasteiger partial charge >= 0.3 is 0 Å². The van der Waals surface area contributed by atoms with Crippen LogP contribution in [0.25, 0.3) is 0 Å². The molecule has 1 unspecified atom stereocenters. The number of ketones is 1. The van der Waals surface area contributed by atoms with Gasteiger partial charge in [-0.3, -0.25) is 4.79 Å². The highest BCUT2D eigenvalue weighted by molar-refractivity contribution is 14.1. The van der Waals surface area contributed by atoms with Crippen molar-refractivity contribution >= 4 is 28.4 Å². The molecule has 94 valence electrons. The zero-order valence-electron chi connectivity index (χ0n) is 10.7. The SMILES string of the molecule is CCCCC(CC)CC(=O)c1ccccc1I. The van der Waals surface area contributed by atoms with Gasteiger partial charge < -0.3 is 0 Å². The molecule has 2 heteroatoms. The zero-order chi connectivity index (χ0) is 12.7. The van der Waals surface area contributed by atoms with E-state index in [9.17, 15) is 4.79 Å². The number of hydrogen-bond acceptors (Lipinski definition) is 1. The summed E-state index contributed by atoms with van der Waals surface area (Å²) in [4.78, 5) is 12.2. The average molecular weight is 344 g/mol. The zero-order valence-corrected chi connectivity index (χ0v) is 12.9. The first-order chi connectivity index (χ1) is 8.19. The molecule has 0 N–H and O–H groups in total. The Bertz CT molecular complexity index is 360. The van der Waals surface area contributed by atoms with Crippen LogP contribution in [0.15, 0.2) is 24.3 Å². The molecule has 0 heterocycles. The third-order valence-corrected chi connectivity index (χ3v) is 4.13. The topological polar surface area (TPSA) is 17.1 Å². The fraction of sp³-hybridized carbons (Fsp3) is 0.533. The molecule has 1 nitrogen and oxygen atoms in total. The van der Waals surface area contributed by atoms with Crippen molar-refractivity contribution in [1.82, 2.24) is 0 Å². The second-order valence-electron chi connectivity index (χ2n) is 4.52. The highest BCUT2D eigenvalue weighted by Crippen LogP contribution is 2.21. The maximum Gasteiger partial charge on any atom is 0.164 e. The summed E-state index contributed by atoms with van der Waals surface area (Å²) >= 11 is 2.24. The lowest BCUT2D eigenvalue weighted by atomic mass is 9.91. The number of hydrogen-bond donors (Lipinski definition) is 0. The molecule has 0 saturated carbocycles. The van der Waals surface area contributed by atoms with Gasteiger partial charge in [0.2, 0.25) is 0 Å². The lowest BCUT2D eigenvalue weighted by Crippen LogP contribution is -2.09. The molecule has 1 atom stereocenters. The standard InChI is InChI=1S/C15H21IO/c1-3-5-8-12(4-2)11-15(17)13-9-6-7-10-14(13)16/h6-7,9-10,12H,3-5,8,11H2,1-2H3. The normalized spacial score (nSPS) is 12.4. The number of carbonyl (C=O) groups excluding carboxylic acids is 1. The Balaban J connectivity index is 2.61. The van der Waals surface area contributed by atoms with E-state index in [-0.39, 0.29) is 0 Å². The Morgan fingerprint density at radius 2 is 2.00 bits per heavy atom. The van der Waals surface area contributed by atoms with Crippen LogP contribution < -0.4 is 0 Å². The molecule has 0 radical (unpaired) electrons. The number of carbonyl (C=O) groups is 1. The molecule has 0 fully saturated rings. The number of unbranched alkanes of at least 4 members (excludes halogenated alkanes) is 1. The summed E-state index contributed by atoms with van der Waals surface area (Å²) in [5.74, 6) is 0.858. The third-order valence-electron chi connectivity index (χ3n) is 3.19. The Morgan fingerprint density at radius 3 is 2.59 bits per heavy atom. The van der Waals surface area contributed by atoms with E-state index < -0.39 is 0 Å². The van der Waals surface area contributed by atoms with Crippen LogP contribution >= 0.6 is 22.6 Å². The Kier molecular flexibility index (Phi) is 6.78. The van der Waals surface area contributed by atoms with Crippen molar-refractivity contribution in [2.24, 2.45) is 5.92 Å². The maximum absolute atomic E-state index is 12.2. The first-order valence-corrected chi connectivity index (χ1v) is 7.54. The minimum Gasteiger partial charge on any atom is -0.294 e. The Morgan fingerprint density at radius 1 is 1.29 bits per heavy atom. The number of benzene rings is 1. The third kappa shape index (κ3) is 4.78. The van der Waals surface area contributed by atoms with Crippen LogP contribution in [0.5, 0.6) is 0 Å². The van der Waals surface area contributed by atoms with Crippen LogP contribution in [0.1, 0.15) is 56.3 Å². The highest BCUT2D eigenvalue weighted by Gasteiger charge is 2.15. The van der Waals surface area contributed by atoms with Crippen LogP contribution in [0.4, 0.5) is 0 Å². The van der Waals surface area contributed by atoms with E-state index in [1.54, 1.807) is 0 Å². The van der Waals surface area contributed by atoms with Crippen LogP contribution in [0, 0.1) is 9.49 Å². The van der Waals surface area contributed by atoms with Gasteiger partial charge in [-0.25, -0.2) is 0 Å². The van der Waals surface area contributed by atoms with E-state index >= 15 is 0 Å². The summed E-state index contributed by atoms with van der Waals surface area (Å²) in [6.45, 7) is 4.39. The summed E-state index contributed by atoms with van der Waals surface area (Å²) in [6, 6.07) is 7.87. The largest absolute Gasteiger partial charge is 0.294 e. The number of Topliss-reactive ketones (excluding diaryl/α,β-unsaturated/α-hetero) is 1. The van der Waals surface area contributed by atoms with Gasteiger partial charge in [-0.15, -0.1) is 0 Å². The predicted molar refractivity (Wildman–Crippen MR) is 81.4 cm³/mol. The summed E-state index contributed by atoms with van der Waals surface area (Å²) in [6.07, 6.45) is 5.44. The minimum atomic E-state index is 0.304. The van der Waals surface area contributed by atoms with Crippen molar-refractivity contribution in [3.63, 3.8) is 0 Å². The van der Waals surface area contributed by atoms with Gasteiger partial charge in [-0.05, 0) is 34.6 Å². The van der Waals surface area contributed by atoms with E-state index in [1.165, 1.54) is 19.3 Å². The summed E-state index contributed by atoms with van der Waals surface area (Å²) < 4.78 is 1.07. The van der Waals surface area contributed by atoms with Crippen LogP contribution in [0.3, 0.4) is 0 Å². The molecule has 0 saturated heterocycles. The fourth-order valence-electron chi connectivity index (χ4n) is 2.00. The molecule has 17 heavy (non-hydrogen) atoms. The molecule has 0 aromatic heterocycles. The van der Waals surface area contributed by atoms with Crippen molar-refractivity contribution in [2.45, 2.75) is 46.0 Å². The Labute approximate surface area is 118 Å². The molecule has 0 aliphatic heterocycles. The molecule has 0 amide bonds. The lowest BCUT2D eigenvalue weighted by Gasteiger charge is -2.13. The molecule has 0 spiro atoms. The quantitative estimate of drug-likeness (QED) is 0.498. The van der Waals surface area contributed by atoms with Crippen molar-refractivity contribution in [1.29, 1.82) is 0 Å². The number of rotatable bonds is 7. The van der Waals surface area contributed by atoms with Crippen molar-refractivity contribution in [2.75, 3.05) is 0 Å². The number of halogens is 1. The van der Waals surface area contributed by atoms with Gasteiger partial charge in [0.1, 0.15) is 0 Å². The van der Waals surface area contributed by atoms with E-state index in [1.807, 2.05) is 24.3 Å². The summed E-state index contributed by atoms with van der Waals surface area (Å²) in [7, 11) is 0. The first kappa shape index (κ1) is 14.7. The van der Waals surface area contributed by atoms with Gasteiger partial charge in [-0.1, -0.05) is 57.7 Å². The average Bonchev–Trinajstić information content (AvgIpc) is 2.34. The molecule has 1 rings (SSSR count). The second-order valence-corrected chi connectivity index (χ2v) is 5.69. The van der Waals surface area contributed by atoms with Crippen molar-refractivity contribution in [3.05, 3.63) is 33.4 Å². The molecular weight excluding hydrogens is 323 g/mol. The lowest BCUT2D eigenvalue weighted by molar-refractivity contribution is 0.0956. The van der Waals surface area contributed by atoms with Gasteiger partial charge in [0.15, 0.2) is 5.78 Å². The van der Waals surface area contributed by atoms with Gasteiger partial charge in [0.05, 0.1) is 0 Å². The van der Waals surface area contributed by atoms with E-state index in [0.29, 0.717) is 18.1 Å². The minimum absolute atomic E-state index is 0.304. The van der Waals surface area contributed by atoms with Crippen LogP contribution in [0.2, 0.25) is 0 Å². The molecule has 0 aliphatic rings. The summed E-state index contributed by atoms with van der Waals surface area (Å²) in [5.41, 5.74) is 0.892.